The smallest absolute Gasteiger partial charge is 0.271 e. The number of ketones is 1. The van der Waals surface area contributed by atoms with E-state index in [9.17, 15) is 29.3 Å². The van der Waals surface area contributed by atoms with E-state index < -0.39 is 34.7 Å². The van der Waals surface area contributed by atoms with E-state index in [0.29, 0.717) is 4.88 Å². The molecule has 0 saturated carbocycles. The van der Waals surface area contributed by atoms with E-state index in [-0.39, 0.29) is 53.3 Å². The number of hydrogen-bond donors (Lipinski definition) is 3. The molecule has 0 aliphatic heterocycles. The van der Waals surface area contributed by atoms with Crippen molar-refractivity contribution in [3.05, 3.63) is 128 Å². The summed E-state index contributed by atoms with van der Waals surface area (Å²) < 4.78 is 0. The lowest BCUT2D eigenvalue weighted by Crippen LogP contribution is -2.49. The monoisotopic (exact) mass is 674 g/mol. The lowest BCUT2D eigenvalue weighted by atomic mass is 9.88. The van der Waals surface area contributed by atoms with Crippen LogP contribution in [0.1, 0.15) is 41.1 Å². The molecule has 0 radical (unpaired) electrons. The van der Waals surface area contributed by atoms with Crippen LogP contribution in [0, 0.1) is 22.0 Å². The SMILES string of the molecule is CC(C)[C@H](NC(=O)c1cccs1)C(=O)C[C@H](Cc1ccccc1)C(=O)N[C@@H](Cc1ccccc1)C(=O)Nc1ccc([N+](=O)[O-])cc1Cl. The number of nitro benzene ring substituents is 1. The molecular formula is C35H35ClN4O6S. The Morgan fingerprint density at radius 1 is 0.830 bits per heavy atom. The van der Waals surface area contributed by atoms with Gasteiger partial charge in [0.15, 0.2) is 5.78 Å². The van der Waals surface area contributed by atoms with Gasteiger partial charge in [-0.3, -0.25) is 29.3 Å². The molecule has 0 bridgehead atoms. The van der Waals surface area contributed by atoms with Crippen LogP contribution < -0.4 is 16.0 Å². The maximum atomic E-state index is 14.0. The van der Waals surface area contributed by atoms with Crippen LogP contribution in [-0.2, 0) is 27.2 Å². The van der Waals surface area contributed by atoms with Crippen LogP contribution in [0.4, 0.5) is 11.4 Å². The first-order valence-electron chi connectivity index (χ1n) is 15.0. The highest BCUT2D eigenvalue weighted by atomic mass is 35.5. The van der Waals surface area contributed by atoms with E-state index in [0.717, 1.165) is 17.2 Å². The second-order valence-corrected chi connectivity index (χ2v) is 12.7. The predicted molar refractivity (Wildman–Crippen MR) is 182 cm³/mol. The average Bonchev–Trinajstić information content (AvgIpc) is 3.60. The fourth-order valence-electron chi connectivity index (χ4n) is 5.05. The average molecular weight is 675 g/mol. The second-order valence-electron chi connectivity index (χ2n) is 11.4. The molecule has 1 aromatic heterocycles. The fourth-order valence-corrected chi connectivity index (χ4v) is 5.90. The molecule has 47 heavy (non-hydrogen) atoms. The number of anilines is 1. The minimum atomic E-state index is -1.08. The Labute approximate surface area is 281 Å². The summed E-state index contributed by atoms with van der Waals surface area (Å²) in [5, 5.41) is 21.3. The van der Waals surface area contributed by atoms with Gasteiger partial charge in [0.05, 0.1) is 26.6 Å². The molecule has 1 heterocycles. The Morgan fingerprint density at radius 2 is 1.47 bits per heavy atom. The molecule has 0 aliphatic carbocycles. The number of carbonyl (C=O) groups is 4. The molecule has 3 N–H and O–H groups in total. The minimum absolute atomic E-state index is 0.0331. The Kier molecular flexibility index (Phi) is 12.4. The first-order valence-corrected chi connectivity index (χ1v) is 16.3. The van der Waals surface area contributed by atoms with Crippen LogP contribution in [0.15, 0.2) is 96.4 Å². The molecule has 3 amide bonds. The number of rotatable bonds is 15. The summed E-state index contributed by atoms with van der Waals surface area (Å²) in [5.74, 6) is -2.87. The molecule has 0 unspecified atom stereocenters. The molecule has 10 nitrogen and oxygen atoms in total. The number of Topliss-reactive ketones (excluding diaryl/α,β-unsaturated/α-hetero) is 1. The van der Waals surface area contributed by atoms with E-state index >= 15 is 0 Å². The van der Waals surface area contributed by atoms with Crippen molar-refractivity contribution in [1.29, 1.82) is 0 Å². The number of halogens is 1. The van der Waals surface area contributed by atoms with E-state index in [1.165, 1.54) is 23.5 Å². The number of non-ortho nitro benzene ring substituents is 1. The summed E-state index contributed by atoms with van der Waals surface area (Å²) in [4.78, 5) is 65.2. The maximum Gasteiger partial charge on any atom is 0.271 e. The topological polar surface area (TPSA) is 148 Å². The van der Waals surface area contributed by atoms with Gasteiger partial charge in [-0.25, -0.2) is 0 Å². The van der Waals surface area contributed by atoms with Crippen LogP contribution in [0.25, 0.3) is 0 Å². The van der Waals surface area contributed by atoms with Crippen LogP contribution in [0.3, 0.4) is 0 Å². The van der Waals surface area contributed by atoms with Gasteiger partial charge in [-0.2, -0.15) is 0 Å². The third-order valence-electron chi connectivity index (χ3n) is 7.53. The van der Waals surface area contributed by atoms with Crippen molar-refractivity contribution in [2.45, 2.75) is 45.2 Å². The largest absolute Gasteiger partial charge is 0.344 e. The number of hydrogen-bond acceptors (Lipinski definition) is 7. The van der Waals surface area contributed by atoms with Gasteiger partial charge in [-0.1, -0.05) is 92.2 Å². The van der Waals surface area contributed by atoms with E-state index in [2.05, 4.69) is 16.0 Å². The standard InChI is InChI=1S/C35H35ClN4O6S/c1-22(2)32(39-35(44)31-14-9-17-47-31)30(41)20-25(18-23-10-5-3-6-11-23)33(42)38-29(19-24-12-7-4-8-13-24)34(43)37-28-16-15-26(40(45)46)21-27(28)36/h3-17,21-22,25,29,32H,18-20H2,1-2H3,(H,37,43)(H,38,42)(H,39,44)/t25-,29-,32-/m0/s1. The van der Waals surface area contributed by atoms with Crippen molar-refractivity contribution in [2.24, 2.45) is 11.8 Å². The maximum absolute atomic E-state index is 14.0. The van der Waals surface area contributed by atoms with Gasteiger partial charge in [0.25, 0.3) is 11.6 Å². The molecule has 12 heteroatoms. The number of nitrogens with zero attached hydrogens (tertiary/aromatic N) is 1. The normalized spacial score (nSPS) is 12.9. The van der Waals surface area contributed by atoms with Gasteiger partial charge < -0.3 is 16.0 Å². The number of nitro groups is 1. The first-order chi connectivity index (χ1) is 22.5. The molecule has 3 atom stereocenters. The highest BCUT2D eigenvalue weighted by molar-refractivity contribution is 7.12. The van der Waals surface area contributed by atoms with E-state index in [1.807, 2.05) is 74.5 Å². The van der Waals surface area contributed by atoms with Crippen LogP contribution in [0.5, 0.6) is 0 Å². The molecular weight excluding hydrogens is 640 g/mol. The molecule has 0 aliphatic rings. The molecule has 0 saturated heterocycles. The van der Waals surface area contributed by atoms with Crippen LogP contribution in [0.2, 0.25) is 5.02 Å². The van der Waals surface area contributed by atoms with E-state index in [1.54, 1.807) is 17.5 Å². The number of amides is 3. The molecule has 4 rings (SSSR count). The molecule has 0 spiro atoms. The fraction of sp³-hybridized carbons (Fsp3) is 0.257. The van der Waals surface area contributed by atoms with Crippen LogP contribution >= 0.6 is 22.9 Å². The first kappa shape index (κ1) is 35.0. The molecule has 4 aromatic rings. The van der Waals surface area contributed by atoms with Gasteiger partial charge >= 0.3 is 0 Å². The number of nitrogens with one attached hydrogen (secondary N) is 3. The summed E-state index contributed by atoms with van der Waals surface area (Å²) >= 11 is 7.50. The Bertz CT molecular complexity index is 1700. The lowest BCUT2D eigenvalue weighted by Gasteiger charge is -2.25. The highest BCUT2D eigenvalue weighted by Gasteiger charge is 2.32. The summed E-state index contributed by atoms with van der Waals surface area (Å²) in [6, 6.07) is 23.5. The summed E-state index contributed by atoms with van der Waals surface area (Å²) in [6.07, 6.45) is 0.165. The zero-order valence-corrected chi connectivity index (χ0v) is 27.4. The van der Waals surface area contributed by atoms with Crippen molar-refractivity contribution in [2.75, 3.05) is 5.32 Å². The Hall–Kier alpha value is -4.87. The van der Waals surface area contributed by atoms with Crippen LogP contribution in [-0.4, -0.2) is 40.5 Å². The number of benzene rings is 3. The van der Waals surface area contributed by atoms with Crippen molar-refractivity contribution in [3.8, 4) is 0 Å². The minimum Gasteiger partial charge on any atom is -0.344 e. The zero-order valence-electron chi connectivity index (χ0n) is 25.9. The quantitative estimate of drug-likeness (QED) is 0.100. The van der Waals surface area contributed by atoms with Gasteiger partial charge in [0, 0.05) is 30.9 Å². The Morgan fingerprint density at radius 3 is 2.02 bits per heavy atom. The molecule has 244 valence electrons. The summed E-state index contributed by atoms with van der Waals surface area (Å²) in [7, 11) is 0. The molecule has 3 aromatic carbocycles. The Balaban J connectivity index is 1.58. The zero-order chi connectivity index (χ0) is 33.9. The molecule has 0 fully saturated rings. The van der Waals surface area contributed by atoms with Crippen molar-refractivity contribution < 1.29 is 24.1 Å². The third-order valence-corrected chi connectivity index (χ3v) is 8.71. The van der Waals surface area contributed by atoms with Gasteiger partial charge in [-0.15, -0.1) is 11.3 Å². The predicted octanol–water partition coefficient (Wildman–Crippen LogP) is 6.25. The number of carbonyl (C=O) groups excluding carboxylic acids is 4. The van der Waals surface area contributed by atoms with E-state index in [4.69, 9.17) is 11.6 Å². The lowest BCUT2D eigenvalue weighted by molar-refractivity contribution is -0.384. The van der Waals surface area contributed by atoms with Gasteiger partial charge in [-0.05, 0) is 41.0 Å². The van der Waals surface area contributed by atoms with Crippen molar-refractivity contribution >= 4 is 57.8 Å². The summed E-state index contributed by atoms with van der Waals surface area (Å²) in [5.41, 5.74) is 1.51. The van der Waals surface area contributed by atoms with Crippen molar-refractivity contribution in [1.82, 2.24) is 10.6 Å². The van der Waals surface area contributed by atoms with Gasteiger partial charge in [0.1, 0.15) is 6.04 Å². The third kappa shape index (κ3) is 10.1. The second kappa shape index (κ2) is 16.6. The number of thiophene rings is 1. The summed E-state index contributed by atoms with van der Waals surface area (Å²) in [6.45, 7) is 3.65. The highest BCUT2D eigenvalue weighted by Crippen LogP contribution is 2.27. The van der Waals surface area contributed by atoms with Gasteiger partial charge in [0.2, 0.25) is 11.8 Å². The van der Waals surface area contributed by atoms with Crippen molar-refractivity contribution in [3.63, 3.8) is 0 Å².